The SMILES string of the molecule is O=C1CC(S(=O)(=O)Cl)CN1c1c(F)c(F)cc(F)c1F. The Bertz CT molecular complexity index is 668. The van der Waals surface area contributed by atoms with Crippen LogP contribution >= 0.6 is 10.7 Å². The Morgan fingerprint density at radius 2 is 1.65 bits per heavy atom. The van der Waals surface area contributed by atoms with E-state index in [1.807, 2.05) is 0 Å². The Morgan fingerprint density at radius 1 is 1.15 bits per heavy atom. The number of anilines is 1. The first-order valence-corrected chi connectivity index (χ1v) is 7.57. The maximum absolute atomic E-state index is 13.5. The summed E-state index contributed by atoms with van der Waals surface area (Å²) >= 11 is 0. The minimum Gasteiger partial charge on any atom is -0.306 e. The van der Waals surface area contributed by atoms with Crippen LogP contribution in [0.3, 0.4) is 0 Å². The number of carbonyl (C=O) groups excluding carboxylic acids is 1. The monoisotopic (exact) mass is 331 g/mol. The molecule has 1 heterocycles. The Balaban J connectivity index is 2.51. The highest BCUT2D eigenvalue weighted by Crippen LogP contribution is 2.33. The number of benzene rings is 1. The van der Waals surface area contributed by atoms with Gasteiger partial charge in [-0.05, 0) is 0 Å². The molecule has 0 saturated carbocycles. The maximum Gasteiger partial charge on any atom is 0.237 e. The lowest BCUT2D eigenvalue weighted by atomic mass is 10.2. The molecule has 1 fully saturated rings. The van der Waals surface area contributed by atoms with Gasteiger partial charge in [0.15, 0.2) is 23.3 Å². The molecule has 2 rings (SSSR count). The summed E-state index contributed by atoms with van der Waals surface area (Å²) in [5, 5.41) is -1.40. The minimum atomic E-state index is -4.14. The van der Waals surface area contributed by atoms with E-state index < -0.39 is 62.1 Å². The Labute approximate surface area is 115 Å². The van der Waals surface area contributed by atoms with Crippen molar-refractivity contribution in [1.82, 2.24) is 0 Å². The summed E-state index contributed by atoms with van der Waals surface area (Å²) in [6.07, 6.45) is -0.622. The lowest BCUT2D eigenvalue weighted by molar-refractivity contribution is -0.117. The molecule has 1 aromatic carbocycles. The second kappa shape index (κ2) is 4.88. The number of nitrogens with zero attached hydrogens (tertiary/aromatic N) is 1. The largest absolute Gasteiger partial charge is 0.306 e. The lowest BCUT2D eigenvalue weighted by Crippen LogP contribution is -2.29. The molecule has 1 aliphatic rings. The van der Waals surface area contributed by atoms with Crippen LogP contribution in [0.5, 0.6) is 0 Å². The van der Waals surface area contributed by atoms with E-state index in [0.717, 1.165) is 0 Å². The summed E-state index contributed by atoms with van der Waals surface area (Å²) in [5.41, 5.74) is -1.25. The van der Waals surface area contributed by atoms with Gasteiger partial charge in [0.05, 0.1) is 0 Å². The molecule has 1 aliphatic heterocycles. The van der Waals surface area contributed by atoms with E-state index in [1.54, 1.807) is 0 Å². The predicted molar refractivity (Wildman–Crippen MR) is 61.8 cm³/mol. The zero-order chi connectivity index (χ0) is 15.2. The van der Waals surface area contributed by atoms with Crippen molar-refractivity contribution in [3.8, 4) is 0 Å². The van der Waals surface area contributed by atoms with Crippen LogP contribution in [0.15, 0.2) is 6.07 Å². The number of hydrogen-bond donors (Lipinski definition) is 0. The molecular formula is C10H6ClF4NO3S. The van der Waals surface area contributed by atoms with Gasteiger partial charge < -0.3 is 4.90 Å². The standard InChI is InChI=1S/C10H6ClF4NO3S/c11-20(18,19)4-1-7(17)16(3-4)10-8(14)5(12)2-6(13)9(10)15/h2,4H,1,3H2. The van der Waals surface area contributed by atoms with E-state index in [-0.39, 0.29) is 6.07 Å². The molecule has 0 N–H and O–H groups in total. The van der Waals surface area contributed by atoms with Crippen LogP contribution < -0.4 is 4.90 Å². The highest BCUT2D eigenvalue weighted by Gasteiger charge is 2.41. The minimum absolute atomic E-state index is 0.00944. The fraction of sp³-hybridized carbons (Fsp3) is 0.300. The van der Waals surface area contributed by atoms with Gasteiger partial charge in [-0.2, -0.15) is 0 Å². The van der Waals surface area contributed by atoms with Crippen LogP contribution in [-0.4, -0.2) is 26.1 Å². The van der Waals surface area contributed by atoms with Crippen LogP contribution in [0.25, 0.3) is 0 Å². The molecule has 0 radical (unpaired) electrons. The van der Waals surface area contributed by atoms with Gasteiger partial charge in [-0.15, -0.1) is 0 Å². The molecule has 20 heavy (non-hydrogen) atoms. The fourth-order valence-electron chi connectivity index (χ4n) is 1.88. The second-order valence-corrected chi connectivity index (χ2v) is 7.03. The molecule has 0 spiro atoms. The van der Waals surface area contributed by atoms with Crippen LogP contribution in [-0.2, 0) is 13.8 Å². The van der Waals surface area contributed by atoms with E-state index in [2.05, 4.69) is 0 Å². The molecule has 0 aromatic heterocycles. The smallest absolute Gasteiger partial charge is 0.237 e. The average molecular weight is 332 g/mol. The third-order valence-corrected chi connectivity index (χ3v) is 4.71. The van der Waals surface area contributed by atoms with Crippen molar-refractivity contribution in [2.75, 3.05) is 11.4 Å². The van der Waals surface area contributed by atoms with E-state index >= 15 is 0 Å². The van der Waals surface area contributed by atoms with Crippen molar-refractivity contribution in [3.05, 3.63) is 29.3 Å². The highest BCUT2D eigenvalue weighted by atomic mass is 35.7. The number of amides is 1. The Kier molecular flexibility index (Phi) is 3.67. The molecule has 1 amide bonds. The summed E-state index contributed by atoms with van der Waals surface area (Å²) in [5.74, 6) is -7.93. The Hall–Kier alpha value is -1.35. The van der Waals surface area contributed by atoms with Crippen molar-refractivity contribution in [3.63, 3.8) is 0 Å². The van der Waals surface area contributed by atoms with Gasteiger partial charge in [0.1, 0.15) is 10.9 Å². The average Bonchev–Trinajstić information content (AvgIpc) is 2.69. The molecular weight excluding hydrogens is 326 g/mol. The molecule has 110 valence electrons. The summed E-state index contributed by atoms with van der Waals surface area (Å²) in [6.45, 7) is -0.679. The molecule has 1 atom stereocenters. The van der Waals surface area contributed by atoms with Crippen LogP contribution in [0, 0.1) is 23.3 Å². The predicted octanol–water partition coefficient (Wildman–Crippen LogP) is 1.92. The van der Waals surface area contributed by atoms with Crippen molar-refractivity contribution in [2.24, 2.45) is 0 Å². The summed E-state index contributed by atoms with van der Waals surface area (Å²) in [4.78, 5) is 11.9. The zero-order valence-corrected chi connectivity index (χ0v) is 11.1. The number of halogens is 5. The van der Waals surface area contributed by atoms with Gasteiger partial charge in [0.2, 0.25) is 15.0 Å². The molecule has 0 bridgehead atoms. The maximum atomic E-state index is 13.5. The van der Waals surface area contributed by atoms with Gasteiger partial charge in [-0.3, -0.25) is 4.79 Å². The van der Waals surface area contributed by atoms with Gasteiger partial charge in [-0.1, -0.05) is 0 Å². The molecule has 0 aliphatic carbocycles. The second-order valence-electron chi connectivity index (χ2n) is 4.12. The van der Waals surface area contributed by atoms with Gasteiger partial charge >= 0.3 is 0 Å². The topological polar surface area (TPSA) is 54.5 Å². The van der Waals surface area contributed by atoms with Crippen molar-refractivity contribution in [2.45, 2.75) is 11.7 Å². The first kappa shape index (κ1) is 15.0. The summed E-state index contributed by atoms with van der Waals surface area (Å²) < 4.78 is 75.4. The van der Waals surface area contributed by atoms with E-state index in [4.69, 9.17) is 10.7 Å². The van der Waals surface area contributed by atoms with Crippen molar-refractivity contribution in [1.29, 1.82) is 0 Å². The normalized spacial score (nSPS) is 19.8. The van der Waals surface area contributed by atoms with Gasteiger partial charge in [0, 0.05) is 29.7 Å². The number of hydrogen-bond acceptors (Lipinski definition) is 3. The zero-order valence-electron chi connectivity index (χ0n) is 9.54. The third kappa shape index (κ3) is 2.47. The third-order valence-electron chi connectivity index (χ3n) is 2.85. The highest BCUT2D eigenvalue weighted by molar-refractivity contribution is 8.14. The van der Waals surface area contributed by atoms with Crippen LogP contribution in [0.4, 0.5) is 23.2 Å². The van der Waals surface area contributed by atoms with E-state index in [1.165, 1.54) is 0 Å². The molecule has 4 nitrogen and oxygen atoms in total. The molecule has 10 heteroatoms. The first-order chi connectivity index (χ1) is 9.12. The molecule has 1 saturated heterocycles. The summed E-state index contributed by atoms with van der Waals surface area (Å²) in [6, 6.07) is -0.00944. The van der Waals surface area contributed by atoms with Crippen LogP contribution in [0.1, 0.15) is 6.42 Å². The quantitative estimate of drug-likeness (QED) is 0.472. The lowest BCUT2D eigenvalue weighted by Gasteiger charge is -2.18. The van der Waals surface area contributed by atoms with Crippen LogP contribution in [0.2, 0.25) is 0 Å². The Morgan fingerprint density at radius 3 is 2.05 bits per heavy atom. The van der Waals surface area contributed by atoms with Crippen molar-refractivity contribution < 1.29 is 30.8 Å². The van der Waals surface area contributed by atoms with Crippen molar-refractivity contribution >= 4 is 31.3 Å². The fourth-order valence-corrected chi connectivity index (χ4v) is 2.90. The summed E-state index contributed by atoms with van der Waals surface area (Å²) in [7, 11) is 0.912. The van der Waals surface area contributed by atoms with Gasteiger partial charge in [0.25, 0.3) is 0 Å². The van der Waals surface area contributed by atoms with E-state index in [9.17, 15) is 30.8 Å². The number of rotatable bonds is 2. The molecule has 1 aromatic rings. The van der Waals surface area contributed by atoms with Gasteiger partial charge in [-0.25, -0.2) is 26.0 Å². The number of carbonyl (C=O) groups is 1. The first-order valence-electron chi connectivity index (χ1n) is 5.19. The van der Waals surface area contributed by atoms with E-state index in [0.29, 0.717) is 4.90 Å². The molecule has 1 unspecified atom stereocenters.